The smallest absolute Gasteiger partial charge is 0.152 e. The van der Waals surface area contributed by atoms with Crippen molar-refractivity contribution in [3.63, 3.8) is 0 Å². The first-order chi connectivity index (χ1) is 7.66. The van der Waals surface area contributed by atoms with Crippen LogP contribution in [0.15, 0.2) is 39.5 Å². The molecular weight excluding hydrogens is 291 g/mol. The van der Waals surface area contributed by atoms with Crippen molar-refractivity contribution in [2.45, 2.75) is 13.0 Å². The molecule has 2 rings (SSSR count). The van der Waals surface area contributed by atoms with Crippen LogP contribution in [0.4, 0.5) is 5.69 Å². The van der Waals surface area contributed by atoms with E-state index in [-0.39, 0.29) is 6.04 Å². The van der Waals surface area contributed by atoms with Gasteiger partial charge in [-0.1, -0.05) is 11.6 Å². The average molecular weight is 302 g/mol. The Labute approximate surface area is 107 Å². The standard InChI is InChI=1S/C11H10BrClN2O/c1-7(10-3-2-4-16-10)15-9-5-8(12)6-14-11(9)13/h2-7,15H,1H3. The molecule has 0 bridgehead atoms. The fraction of sp³-hybridized carbons (Fsp3) is 0.182. The minimum atomic E-state index is 0.0450. The fourth-order valence-electron chi connectivity index (χ4n) is 1.37. The lowest BCUT2D eigenvalue weighted by Crippen LogP contribution is -2.06. The predicted octanol–water partition coefficient (Wildman–Crippen LogP) is 4.26. The van der Waals surface area contributed by atoms with E-state index in [9.17, 15) is 0 Å². The van der Waals surface area contributed by atoms with Gasteiger partial charge in [0.25, 0.3) is 0 Å². The number of hydrogen-bond acceptors (Lipinski definition) is 3. The molecule has 2 aromatic rings. The molecule has 2 heterocycles. The Bertz CT molecular complexity index is 473. The summed E-state index contributed by atoms with van der Waals surface area (Å²) in [5, 5.41) is 3.68. The van der Waals surface area contributed by atoms with Crippen LogP contribution in [-0.2, 0) is 0 Å². The molecule has 0 saturated carbocycles. The normalized spacial score (nSPS) is 12.4. The summed E-state index contributed by atoms with van der Waals surface area (Å²) in [6, 6.07) is 5.70. The van der Waals surface area contributed by atoms with Gasteiger partial charge in [-0.05, 0) is 41.1 Å². The second-order valence-corrected chi connectivity index (χ2v) is 4.65. The number of anilines is 1. The van der Waals surface area contributed by atoms with Gasteiger partial charge in [0.05, 0.1) is 18.0 Å². The molecule has 0 amide bonds. The highest BCUT2D eigenvalue weighted by Crippen LogP contribution is 2.27. The molecule has 84 valence electrons. The maximum Gasteiger partial charge on any atom is 0.152 e. The van der Waals surface area contributed by atoms with E-state index in [0.29, 0.717) is 5.15 Å². The summed E-state index contributed by atoms with van der Waals surface area (Å²) in [4.78, 5) is 4.04. The van der Waals surface area contributed by atoms with Crippen LogP contribution in [0.5, 0.6) is 0 Å². The largest absolute Gasteiger partial charge is 0.467 e. The summed E-state index contributed by atoms with van der Waals surface area (Å²) in [6.07, 6.45) is 3.30. The second kappa shape index (κ2) is 4.89. The van der Waals surface area contributed by atoms with Crippen LogP contribution in [0.3, 0.4) is 0 Å². The summed E-state index contributed by atoms with van der Waals surface area (Å²) >= 11 is 9.33. The zero-order valence-electron chi connectivity index (χ0n) is 8.58. The molecule has 0 aliphatic carbocycles. The van der Waals surface area contributed by atoms with Gasteiger partial charge in [0.15, 0.2) is 5.15 Å². The predicted molar refractivity (Wildman–Crippen MR) is 67.7 cm³/mol. The molecule has 3 nitrogen and oxygen atoms in total. The van der Waals surface area contributed by atoms with E-state index in [1.807, 2.05) is 25.1 Å². The molecule has 16 heavy (non-hydrogen) atoms. The summed E-state index contributed by atoms with van der Waals surface area (Å²) in [5.74, 6) is 0.857. The molecule has 1 atom stereocenters. The van der Waals surface area contributed by atoms with Gasteiger partial charge in [-0.3, -0.25) is 0 Å². The Hall–Kier alpha value is -1.00. The van der Waals surface area contributed by atoms with Crippen molar-refractivity contribution in [1.29, 1.82) is 0 Å². The molecule has 0 aliphatic rings. The highest BCUT2D eigenvalue weighted by molar-refractivity contribution is 9.10. The maximum atomic E-state index is 5.98. The highest BCUT2D eigenvalue weighted by atomic mass is 79.9. The second-order valence-electron chi connectivity index (χ2n) is 3.37. The first-order valence-electron chi connectivity index (χ1n) is 4.78. The van der Waals surface area contributed by atoms with Gasteiger partial charge in [-0.15, -0.1) is 0 Å². The number of nitrogens with one attached hydrogen (secondary N) is 1. The van der Waals surface area contributed by atoms with Gasteiger partial charge in [-0.25, -0.2) is 4.98 Å². The van der Waals surface area contributed by atoms with Crippen molar-refractivity contribution in [3.8, 4) is 0 Å². The lowest BCUT2D eigenvalue weighted by Gasteiger charge is -2.13. The molecule has 0 spiro atoms. The Morgan fingerprint density at radius 3 is 3.06 bits per heavy atom. The monoisotopic (exact) mass is 300 g/mol. The van der Waals surface area contributed by atoms with E-state index in [4.69, 9.17) is 16.0 Å². The van der Waals surface area contributed by atoms with Crippen LogP contribution >= 0.6 is 27.5 Å². The van der Waals surface area contributed by atoms with E-state index >= 15 is 0 Å². The van der Waals surface area contributed by atoms with Crippen LogP contribution in [0.25, 0.3) is 0 Å². The number of rotatable bonds is 3. The lowest BCUT2D eigenvalue weighted by molar-refractivity contribution is 0.490. The summed E-state index contributed by atoms with van der Waals surface area (Å²) in [6.45, 7) is 2.00. The molecule has 0 fully saturated rings. The average Bonchev–Trinajstić information content (AvgIpc) is 2.76. The van der Waals surface area contributed by atoms with Crippen molar-refractivity contribution in [1.82, 2.24) is 4.98 Å². The first-order valence-corrected chi connectivity index (χ1v) is 5.95. The van der Waals surface area contributed by atoms with Crippen LogP contribution in [0.2, 0.25) is 5.15 Å². The molecule has 0 aromatic carbocycles. The van der Waals surface area contributed by atoms with E-state index in [0.717, 1.165) is 15.9 Å². The molecule has 1 unspecified atom stereocenters. The molecule has 2 aromatic heterocycles. The topological polar surface area (TPSA) is 38.1 Å². The van der Waals surface area contributed by atoms with E-state index in [1.165, 1.54) is 0 Å². The fourth-order valence-corrected chi connectivity index (χ4v) is 1.86. The minimum absolute atomic E-state index is 0.0450. The zero-order valence-corrected chi connectivity index (χ0v) is 10.9. The van der Waals surface area contributed by atoms with Gasteiger partial charge in [0.1, 0.15) is 5.76 Å². The number of hydrogen-bond donors (Lipinski definition) is 1. The van der Waals surface area contributed by atoms with Crippen LogP contribution in [0, 0.1) is 0 Å². The van der Waals surface area contributed by atoms with Gasteiger partial charge < -0.3 is 9.73 Å². The SMILES string of the molecule is CC(Nc1cc(Br)cnc1Cl)c1ccco1. The third-order valence-corrected chi connectivity index (χ3v) is 2.88. The Morgan fingerprint density at radius 2 is 2.38 bits per heavy atom. The molecule has 0 saturated heterocycles. The summed E-state index contributed by atoms with van der Waals surface area (Å²) in [5.41, 5.74) is 0.778. The quantitative estimate of drug-likeness (QED) is 0.861. The van der Waals surface area contributed by atoms with Crippen molar-refractivity contribution < 1.29 is 4.42 Å². The van der Waals surface area contributed by atoms with E-state index in [1.54, 1.807) is 12.5 Å². The lowest BCUT2D eigenvalue weighted by atomic mass is 10.2. The minimum Gasteiger partial charge on any atom is -0.467 e. The summed E-state index contributed by atoms with van der Waals surface area (Å²) < 4.78 is 6.18. The molecule has 0 radical (unpaired) electrons. The Kier molecular flexibility index (Phi) is 3.51. The van der Waals surface area contributed by atoms with Gasteiger partial charge in [-0.2, -0.15) is 0 Å². The molecule has 0 aliphatic heterocycles. The highest BCUT2D eigenvalue weighted by Gasteiger charge is 2.10. The zero-order chi connectivity index (χ0) is 11.5. The number of nitrogens with zero attached hydrogens (tertiary/aromatic N) is 1. The number of furan rings is 1. The number of aromatic nitrogens is 1. The van der Waals surface area contributed by atoms with Crippen LogP contribution in [-0.4, -0.2) is 4.98 Å². The molecule has 1 N–H and O–H groups in total. The third-order valence-electron chi connectivity index (χ3n) is 2.15. The van der Waals surface area contributed by atoms with Gasteiger partial charge >= 0.3 is 0 Å². The van der Waals surface area contributed by atoms with E-state index in [2.05, 4.69) is 26.2 Å². The van der Waals surface area contributed by atoms with Crippen molar-refractivity contribution in [3.05, 3.63) is 46.0 Å². The van der Waals surface area contributed by atoms with Gasteiger partial charge in [0, 0.05) is 10.7 Å². The van der Waals surface area contributed by atoms with E-state index < -0.39 is 0 Å². The Balaban J connectivity index is 2.17. The number of pyridine rings is 1. The molecular formula is C11H10BrClN2O. The van der Waals surface area contributed by atoms with Crippen molar-refractivity contribution in [2.75, 3.05) is 5.32 Å². The van der Waals surface area contributed by atoms with Crippen molar-refractivity contribution in [2.24, 2.45) is 0 Å². The van der Waals surface area contributed by atoms with Crippen LogP contribution in [0.1, 0.15) is 18.7 Å². The Morgan fingerprint density at radius 1 is 1.56 bits per heavy atom. The van der Waals surface area contributed by atoms with Crippen LogP contribution < -0.4 is 5.32 Å². The van der Waals surface area contributed by atoms with Gasteiger partial charge in [0.2, 0.25) is 0 Å². The third kappa shape index (κ3) is 2.57. The number of halogens is 2. The first kappa shape index (κ1) is 11.5. The summed E-state index contributed by atoms with van der Waals surface area (Å²) in [7, 11) is 0. The molecule has 5 heteroatoms. The van der Waals surface area contributed by atoms with Crippen molar-refractivity contribution >= 4 is 33.2 Å². The maximum absolute atomic E-state index is 5.98.